The predicted molar refractivity (Wildman–Crippen MR) is 54.7 cm³/mol. The summed E-state index contributed by atoms with van der Waals surface area (Å²) < 4.78 is 0. The van der Waals surface area contributed by atoms with Crippen LogP contribution in [0.5, 0.6) is 0 Å². The van der Waals surface area contributed by atoms with E-state index in [1.54, 1.807) is 11.3 Å². The number of nitrogens with zero attached hydrogens (tertiary/aromatic N) is 2. The molecule has 4 heteroatoms. The molecule has 0 bridgehead atoms. The van der Waals surface area contributed by atoms with E-state index in [0.717, 1.165) is 13.0 Å². The van der Waals surface area contributed by atoms with E-state index in [-0.39, 0.29) is 11.6 Å². The van der Waals surface area contributed by atoms with Gasteiger partial charge in [-0.1, -0.05) is 0 Å². The maximum Gasteiger partial charge on any atom is 0.0794 e. The zero-order chi connectivity index (χ0) is 9.47. The van der Waals surface area contributed by atoms with Crippen LogP contribution < -0.4 is 5.73 Å². The molecule has 0 aliphatic carbocycles. The van der Waals surface area contributed by atoms with Crippen LogP contribution in [0, 0.1) is 0 Å². The van der Waals surface area contributed by atoms with Crippen molar-refractivity contribution < 1.29 is 0 Å². The van der Waals surface area contributed by atoms with Crippen molar-refractivity contribution in [2.45, 2.75) is 24.9 Å². The standard InChI is InChI=1S/C9H15N3S/c1-9(8-5-11-6-13-8)7(10)3-4-12(9)2/h5-7H,3-4,10H2,1-2H3. The first kappa shape index (κ1) is 9.12. The first-order valence-electron chi connectivity index (χ1n) is 4.51. The van der Waals surface area contributed by atoms with E-state index in [1.165, 1.54) is 4.88 Å². The van der Waals surface area contributed by atoms with Gasteiger partial charge < -0.3 is 5.73 Å². The fourth-order valence-electron chi connectivity index (χ4n) is 1.97. The van der Waals surface area contributed by atoms with Crippen LogP contribution in [0.4, 0.5) is 0 Å². The smallest absolute Gasteiger partial charge is 0.0794 e. The fraction of sp³-hybridized carbons (Fsp3) is 0.667. The molecule has 2 unspecified atom stereocenters. The van der Waals surface area contributed by atoms with Gasteiger partial charge in [-0.15, -0.1) is 11.3 Å². The lowest BCUT2D eigenvalue weighted by molar-refractivity contribution is 0.185. The highest BCUT2D eigenvalue weighted by Gasteiger charge is 2.43. The minimum atomic E-state index is 0.00116. The Balaban J connectivity index is 2.38. The summed E-state index contributed by atoms with van der Waals surface area (Å²) in [7, 11) is 2.13. The second-order valence-electron chi connectivity index (χ2n) is 3.83. The minimum absolute atomic E-state index is 0.00116. The molecule has 0 aromatic carbocycles. The van der Waals surface area contributed by atoms with Crippen molar-refractivity contribution in [1.29, 1.82) is 0 Å². The van der Waals surface area contributed by atoms with Gasteiger partial charge in [-0.25, -0.2) is 0 Å². The van der Waals surface area contributed by atoms with Crippen LogP contribution in [0.1, 0.15) is 18.2 Å². The molecule has 2 heterocycles. The Kier molecular flexibility index (Phi) is 2.14. The Morgan fingerprint density at radius 1 is 1.77 bits per heavy atom. The van der Waals surface area contributed by atoms with Crippen molar-refractivity contribution in [2.24, 2.45) is 5.73 Å². The van der Waals surface area contributed by atoms with E-state index < -0.39 is 0 Å². The monoisotopic (exact) mass is 197 g/mol. The third-order valence-corrected chi connectivity index (χ3v) is 4.22. The highest BCUT2D eigenvalue weighted by Crippen LogP contribution is 2.37. The number of likely N-dealkylation sites (N-methyl/N-ethyl adjacent to an activating group) is 1. The SMILES string of the molecule is CN1CCC(N)C1(C)c1cncs1. The average Bonchev–Trinajstić information content (AvgIpc) is 2.70. The summed E-state index contributed by atoms with van der Waals surface area (Å²) in [5.74, 6) is 0. The number of aromatic nitrogens is 1. The van der Waals surface area contributed by atoms with Gasteiger partial charge in [-0.2, -0.15) is 0 Å². The molecule has 1 aliphatic rings. The van der Waals surface area contributed by atoms with Gasteiger partial charge in [0, 0.05) is 23.7 Å². The van der Waals surface area contributed by atoms with Crippen LogP contribution in [0.2, 0.25) is 0 Å². The van der Waals surface area contributed by atoms with Crippen LogP contribution in [0.25, 0.3) is 0 Å². The molecular formula is C9H15N3S. The maximum atomic E-state index is 6.13. The number of likely N-dealkylation sites (tertiary alicyclic amines) is 1. The Morgan fingerprint density at radius 3 is 3.00 bits per heavy atom. The van der Waals surface area contributed by atoms with Gasteiger partial charge in [-0.05, 0) is 20.4 Å². The summed E-state index contributed by atoms with van der Waals surface area (Å²) in [4.78, 5) is 7.72. The van der Waals surface area contributed by atoms with E-state index in [0.29, 0.717) is 0 Å². The van der Waals surface area contributed by atoms with Gasteiger partial charge >= 0.3 is 0 Å². The molecule has 1 aliphatic heterocycles. The lowest BCUT2D eigenvalue weighted by Gasteiger charge is -2.34. The van der Waals surface area contributed by atoms with Crippen LogP contribution in [-0.2, 0) is 5.54 Å². The largest absolute Gasteiger partial charge is 0.326 e. The molecule has 3 nitrogen and oxygen atoms in total. The van der Waals surface area contributed by atoms with Gasteiger partial charge in [0.05, 0.1) is 11.0 Å². The van der Waals surface area contributed by atoms with Crippen LogP contribution in [0.3, 0.4) is 0 Å². The molecule has 1 fully saturated rings. The molecule has 13 heavy (non-hydrogen) atoms. The minimum Gasteiger partial charge on any atom is -0.326 e. The van der Waals surface area contributed by atoms with Gasteiger partial charge in [-0.3, -0.25) is 9.88 Å². The van der Waals surface area contributed by atoms with E-state index in [1.807, 2.05) is 11.7 Å². The van der Waals surface area contributed by atoms with Gasteiger partial charge in [0.2, 0.25) is 0 Å². The van der Waals surface area contributed by atoms with Crippen molar-refractivity contribution in [2.75, 3.05) is 13.6 Å². The number of rotatable bonds is 1. The fourth-order valence-corrected chi connectivity index (χ4v) is 2.87. The Labute approximate surface area is 82.6 Å². The molecule has 1 aromatic rings. The maximum absolute atomic E-state index is 6.13. The lowest BCUT2D eigenvalue weighted by atomic mass is 9.93. The van der Waals surface area contributed by atoms with Crippen LogP contribution in [0.15, 0.2) is 11.7 Å². The lowest BCUT2D eigenvalue weighted by Crippen LogP contribution is -2.46. The van der Waals surface area contributed by atoms with Crippen molar-refractivity contribution in [3.05, 3.63) is 16.6 Å². The molecule has 0 spiro atoms. The van der Waals surface area contributed by atoms with Gasteiger partial charge in [0.15, 0.2) is 0 Å². The number of hydrogen-bond acceptors (Lipinski definition) is 4. The second-order valence-corrected chi connectivity index (χ2v) is 4.72. The summed E-state index contributed by atoms with van der Waals surface area (Å²) in [5.41, 5.74) is 8.01. The first-order valence-corrected chi connectivity index (χ1v) is 5.39. The topological polar surface area (TPSA) is 42.1 Å². The highest BCUT2D eigenvalue weighted by atomic mass is 32.1. The zero-order valence-electron chi connectivity index (χ0n) is 8.03. The molecule has 2 N–H and O–H groups in total. The molecule has 1 aromatic heterocycles. The molecule has 1 saturated heterocycles. The van der Waals surface area contributed by atoms with Gasteiger partial charge in [0.1, 0.15) is 0 Å². The average molecular weight is 197 g/mol. The van der Waals surface area contributed by atoms with E-state index in [2.05, 4.69) is 23.9 Å². The highest BCUT2D eigenvalue weighted by molar-refractivity contribution is 7.09. The summed E-state index contributed by atoms with van der Waals surface area (Å²) in [6.45, 7) is 3.29. The summed E-state index contributed by atoms with van der Waals surface area (Å²) in [5, 5.41) is 0. The van der Waals surface area contributed by atoms with Crippen molar-refractivity contribution in [1.82, 2.24) is 9.88 Å². The molecule has 0 amide bonds. The summed E-state index contributed by atoms with van der Waals surface area (Å²) >= 11 is 1.69. The number of hydrogen-bond donors (Lipinski definition) is 1. The summed E-state index contributed by atoms with van der Waals surface area (Å²) in [6, 6.07) is 0.234. The number of nitrogens with two attached hydrogens (primary N) is 1. The predicted octanol–water partition coefficient (Wildman–Crippen LogP) is 1.02. The molecule has 2 atom stereocenters. The normalized spacial score (nSPS) is 35.5. The first-order chi connectivity index (χ1) is 6.15. The van der Waals surface area contributed by atoms with Crippen LogP contribution in [-0.4, -0.2) is 29.5 Å². The number of thiazole rings is 1. The third kappa shape index (κ3) is 1.21. The van der Waals surface area contributed by atoms with E-state index >= 15 is 0 Å². The quantitative estimate of drug-likeness (QED) is 0.731. The van der Waals surface area contributed by atoms with Crippen LogP contribution >= 0.6 is 11.3 Å². The van der Waals surface area contributed by atoms with E-state index in [9.17, 15) is 0 Å². The molecule has 0 saturated carbocycles. The Morgan fingerprint density at radius 2 is 2.54 bits per heavy atom. The Bertz CT molecular complexity index is 273. The van der Waals surface area contributed by atoms with Crippen molar-refractivity contribution in [3.8, 4) is 0 Å². The third-order valence-electron chi connectivity index (χ3n) is 3.22. The summed E-state index contributed by atoms with van der Waals surface area (Å²) in [6.07, 6.45) is 3.01. The van der Waals surface area contributed by atoms with E-state index in [4.69, 9.17) is 5.73 Å². The van der Waals surface area contributed by atoms with Gasteiger partial charge in [0.25, 0.3) is 0 Å². The molecule has 2 rings (SSSR count). The molecule has 0 radical (unpaired) electrons. The molecular weight excluding hydrogens is 182 g/mol. The zero-order valence-corrected chi connectivity index (χ0v) is 8.84. The molecule has 72 valence electrons. The second kappa shape index (κ2) is 3.04. The van der Waals surface area contributed by atoms with Crippen molar-refractivity contribution in [3.63, 3.8) is 0 Å². The Hall–Kier alpha value is -0.450. The van der Waals surface area contributed by atoms with Crippen molar-refractivity contribution >= 4 is 11.3 Å².